The van der Waals surface area contributed by atoms with Crippen molar-refractivity contribution in [2.45, 2.75) is 137 Å². The lowest BCUT2D eigenvalue weighted by atomic mass is 9.40. The van der Waals surface area contributed by atoms with Crippen LogP contribution in [0.3, 0.4) is 0 Å². The van der Waals surface area contributed by atoms with E-state index in [4.69, 9.17) is 4.74 Å². The Morgan fingerprint density at radius 1 is 1.04 bits per heavy atom. The Balaban J connectivity index is 1.41. The monoisotopic (exact) mass is 667 g/mol. The maximum absolute atomic E-state index is 12.2. The molecule has 0 bridgehead atoms. The van der Waals surface area contributed by atoms with Crippen molar-refractivity contribution in [3.05, 3.63) is 75.5 Å². The normalized spacial score (nSPS) is 37.3. The summed E-state index contributed by atoms with van der Waals surface area (Å²) in [5, 5.41) is 34.5. The second kappa shape index (κ2) is 11.0. The van der Waals surface area contributed by atoms with Crippen molar-refractivity contribution in [2.75, 3.05) is 0 Å². The van der Waals surface area contributed by atoms with Crippen molar-refractivity contribution < 1.29 is 24.9 Å². The highest BCUT2D eigenvalue weighted by Gasteiger charge is 2.66. The largest absolute Gasteiger partial charge is 0.478 e. The maximum Gasteiger partial charge on any atom is 0.331 e. The highest BCUT2D eigenvalue weighted by atomic mass is 16.5. The van der Waals surface area contributed by atoms with Gasteiger partial charge < -0.3 is 25.0 Å². The lowest BCUT2D eigenvalue weighted by molar-refractivity contribution is -0.144. The molecule has 2 aromatic rings. The Labute approximate surface area is 292 Å². The van der Waals surface area contributed by atoms with Gasteiger partial charge in [0.05, 0.1) is 23.4 Å². The van der Waals surface area contributed by atoms with Crippen LogP contribution >= 0.6 is 0 Å². The van der Waals surface area contributed by atoms with Gasteiger partial charge in [-0.15, -0.1) is 0 Å². The number of aromatic nitrogens is 1. The number of fused-ring (bicyclic) bond motifs is 10. The number of nitrogens with one attached hydrogen (secondary N) is 1. The summed E-state index contributed by atoms with van der Waals surface area (Å²) in [6.45, 7) is 21.5. The molecule has 2 fully saturated rings. The van der Waals surface area contributed by atoms with Crippen molar-refractivity contribution in [2.24, 2.45) is 28.6 Å². The van der Waals surface area contributed by atoms with E-state index in [1.807, 2.05) is 6.08 Å². The molecule has 3 unspecified atom stereocenters. The van der Waals surface area contributed by atoms with Gasteiger partial charge in [0, 0.05) is 38.9 Å². The molecule has 0 radical (unpaired) electrons. The first kappa shape index (κ1) is 34.5. The van der Waals surface area contributed by atoms with Gasteiger partial charge in [-0.1, -0.05) is 50.6 Å². The van der Waals surface area contributed by atoms with Crippen LogP contribution in [0, 0.1) is 28.6 Å². The predicted molar refractivity (Wildman–Crippen MR) is 196 cm³/mol. The smallest absolute Gasteiger partial charge is 0.331 e. The van der Waals surface area contributed by atoms with Crippen molar-refractivity contribution in [3.8, 4) is 0 Å². The number of aromatic amines is 1. The molecule has 5 aliphatic rings. The molecule has 0 saturated heterocycles. The van der Waals surface area contributed by atoms with E-state index in [9.17, 15) is 20.1 Å². The molecule has 8 atom stereocenters. The Morgan fingerprint density at radius 3 is 2.43 bits per heavy atom. The molecular weight excluding hydrogens is 610 g/mol. The first-order valence-corrected chi connectivity index (χ1v) is 18.5. The molecule has 4 N–H and O–H groups in total. The van der Waals surface area contributed by atoms with Gasteiger partial charge in [0.1, 0.15) is 0 Å². The van der Waals surface area contributed by atoms with E-state index < -0.39 is 34.8 Å². The van der Waals surface area contributed by atoms with Gasteiger partial charge >= 0.3 is 5.97 Å². The number of benzene rings is 1. The van der Waals surface area contributed by atoms with Gasteiger partial charge in [0.15, 0.2) is 0 Å². The number of aliphatic hydroxyl groups is 2. The Hall–Kier alpha value is -2.93. The van der Waals surface area contributed by atoms with Crippen LogP contribution in [0.15, 0.2) is 47.6 Å². The Morgan fingerprint density at radius 2 is 1.76 bits per heavy atom. The van der Waals surface area contributed by atoms with Gasteiger partial charge in [-0.2, -0.15) is 0 Å². The van der Waals surface area contributed by atoms with Gasteiger partial charge in [-0.25, -0.2) is 4.79 Å². The van der Waals surface area contributed by atoms with Crippen LogP contribution in [-0.4, -0.2) is 43.6 Å². The van der Waals surface area contributed by atoms with Gasteiger partial charge in [-0.3, -0.25) is 0 Å². The SMILES string of the molecule is CC(C)=CCc1c2c(cc3c4c([nH]c13)[C@@]1(C)C(CCC3C(C)(/C=C/C=C(\C)C(=O)O)[C@@H](O)CC[C@@]31C)C4)C1=CC(C)(C)OC(C)(C)[C@H]1[C@@H]2O. The topological polar surface area (TPSA) is 103 Å². The molecular formula is C43H57NO5. The van der Waals surface area contributed by atoms with E-state index >= 15 is 0 Å². The molecule has 7 rings (SSSR count). The van der Waals surface area contributed by atoms with Crippen LogP contribution in [0.5, 0.6) is 0 Å². The van der Waals surface area contributed by atoms with Crippen LogP contribution in [-0.2, 0) is 27.8 Å². The zero-order valence-electron chi connectivity index (χ0n) is 31.3. The zero-order valence-corrected chi connectivity index (χ0v) is 31.3. The highest BCUT2D eigenvalue weighted by molar-refractivity contribution is 5.96. The summed E-state index contributed by atoms with van der Waals surface area (Å²) < 4.78 is 6.57. The van der Waals surface area contributed by atoms with E-state index in [2.05, 4.69) is 91.6 Å². The Kier molecular flexibility index (Phi) is 7.77. The van der Waals surface area contributed by atoms with Crippen LogP contribution in [0.4, 0.5) is 0 Å². The third kappa shape index (κ3) is 4.79. The van der Waals surface area contributed by atoms with Crippen LogP contribution in [0.2, 0.25) is 0 Å². The van der Waals surface area contributed by atoms with Crippen molar-refractivity contribution in [1.82, 2.24) is 4.98 Å². The number of carbonyl (C=O) groups is 1. The highest BCUT2D eigenvalue weighted by Crippen LogP contribution is 2.70. The maximum atomic E-state index is 12.2. The van der Waals surface area contributed by atoms with E-state index in [-0.39, 0.29) is 28.2 Å². The number of hydrogen-bond donors (Lipinski definition) is 4. The molecule has 1 aliphatic heterocycles. The molecule has 2 heterocycles. The number of ether oxygens (including phenoxy) is 1. The fourth-order valence-electron chi connectivity index (χ4n) is 11.7. The van der Waals surface area contributed by atoms with Crippen molar-refractivity contribution >= 4 is 22.4 Å². The summed E-state index contributed by atoms with van der Waals surface area (Å²) >= 11 is 0. The number of allylic oxidation sites excluding steroid dienone is 4. The molecule has 0 spiro atoms. The minimum Gasteiger partial charge on any atom is -0.478 e. The molecule has 6 heteroatoms. The minimum atomic E-state index is -0.923. The van der Waals surface area contributed by atoms with Gasteiger partial charge in [-0.05, 0) is 144 Å². The molecule has 264 valence electrons. The standard InChI is InChI=1S/C43H57NO5/c1-23(2)13-15-26-33-27(30-22-39(4,5)49-40(6,7)34(30)36(33)46)21-28-29-20-25-14-16-31-41(8,18-11-12-24(3)38(47)48)32(45)17-19-42(31,9)43(25,10)37(29)44-35(26)28/h11-13,18,21-22,25,31-32,34,36,44-46H,14-17,19-20H2,1-10H3,(H,47,48)/b18-11+,24-12+/t25?,31?,32-,34+,36+,41?,42-,43+/m0/s1. The molecule has 2 saturated carbocycles. The first-order chi connectivity index (χ1) is 22.8. The number of hydrogen-bond acceptors (Lipinski definition) is 4. The van der Waals surface area contributed by atoms with E-state index in [0.29, 0.717) is 12.3 Å². The predicted octanol–water partition coefficient (Wildman–Crippen LogP) is 8.91. The lowest BCUT2D eigenvalue weighted by Crippen LogP contribution is -2.61. The van der Waals surface area contributed by atoms with Crippen LogP contribution in [0.25, 0.3) is 16.5 Å². The number of carboxylic acid groups (broad SMARTS) is 1. The van der Waals surface area contributed by atoms with Crippen LogP contribution < -0.4 is 0 Å². The van der Waals surface area contributed by atoms with Crippen LogP contribution in [0.1, 0.15) is 129 Å². The minimum absolute atomic E-state index is 0.0867. The lowest BCUT2D eigenvalue weighted by Gasteiger charge is -2.64. The van der Waals surface area contributed by atoms with Gasteiger partial charge in [0.25, 0.3) is 0 Å². The van der Waals surface area contributed by atoms with Gasteiger partial charge in [0.2, 0.25) is 0 Å². The zero-order chi connectivity index (χ0) is 35.6. The number of H-pyrrole nitrogens is 1. The first-order valence-electron chi connectivity index (χ1n) is 18.5. The summed E-state index contributed by atoms with van der Waals surface area (Å²) in [5.74, 6) is -0.335. The Bertz CT molecular complexity index is 1870. The van der Waals surface area contributed by atoms with E-state index in [0.717, 1.165) is 43.2 Å². The average molecular weight is 668 g/mol. The molecule has 1 aromatic heterocycles. The fourth-order valence-corrected chi connectivity index (χ4v) is 11.7. The number of aliphatic hydroxyl groups excluding tert-OH is 2. The van der Waals surface area contributed by atoms with E-state index in [1.165, 1.54) is 38.9 Å². The number of rotatable bonds is 5. The molecule has 4 aliphatic carbocycles. The third-order valence-electron chi connectivity index (χ3n) is 14.2. The van der Waals surface area contributed by atoms with Crippen molar-refractivity contribution in [1.29, 1.82) is 0 Å². The third-order valence-corrected chi connectivity index (χ3v) is 14.2. The van der Waals surface area contributed by atoms with Crippen molar-refractivity contribution in [3.63, 3.8) is 0 Å². The summed E-state index contributed by atoms with van der Waals surface area (Å²) in [6.07, 6.45) is 14.6. The quantitative estimate of drug-likeness (QED) is 0.145. The summed E-state index contributed by atoms with van der Waals surface area (Å²) in [7, 11) is 0. The molecule has 0 amide bonds. The molecule has 6 nitrogen and oxygen atoms in total. The second-order valence-corrected chi connectivity index (χ2v) is 18.1. The molecule has 1 aromatic carbocycles. The second-order valence-electron chi connectivity index (χ2n) is 18.1. The number of carboxylic acids is 1. The summed E-state index contributed by atoms with van der Waals surface area (Å²) in [5.41, 5.74) is 8.48. The average Bonchev–Trinajstić information content (AvgIpc) is 3.60. The summed E-state index contributed by atoms with van der Waals surface area (Å²) in [4.78, 5) is 15.6. The summed E-state index contributed by atoms with van der Waals surface area (Å²) in [6, 6.07) is 2.40. The molecule has 49 heavy (non-hydrogen) atoms. The number of aliphatic carboxylic acids is 1. The van der Waals surface area contributed by atoms with E-state index in [1.54, 1.807) is 13.0 Å². The fraction of sp³-hybridized carbons (Fsp3) is 0.605.